The second-order valence-corrected chi connectivity index (χ2v) is 10.7. The minimum atomic E-state index is -3.13. The van der Waals surface area contributed by atoms with E-state index in [2.05, 4.69) is 5.32 Å². The molecule has 2 atom stereocenters. The van der Waals surface area contributed by atoms with Gasteiger partial charge in [0.1, 0.15) is 12.1 Å². The molecule has 0 bridgehead atoms. The number of nitrogens with one attached hydrogen (secondary N) is 1. The number of hydrogen-bond donors (Lipinski definition) is 1. The number of sulfone groups is 1. The van der Waals surface area contributed by atoms with Crippen molar-refractivity contribution >= 4 is 27.7 Å². The summed E-state index contributed by atoms with van der Waals surface area (Å²) in [7, 11) is -3.13. The molecule has 4 aliphatic rings. The minimum Gasteiger partial charge on any atom is -0.334 e. The molecular weight excluding hydrogens is 394 g/mol. The molecular formula is C20H23N3O5S. The second kappa shape index (κ2) is 6.29. The van der Waals surface area contributed by atoms with E-state index in [1.165, 1.54) is 0 Å². The lowest BCUT2D eigenvalue weighted by molar-refractivity contribution is -0.140. The smallest absolute Gasteiger partial charge is 0.325 e. The third-order valence-electron chi connectivity index (χ3n) is 6.55. The van der Waals surface area contributed by atoms with Crippen LogP contribution in [0.1, 0.15) is 36.8 Å². The maximum atomic E-state index is 13.2. The number of rotatable bonds is 4. The summed E-state index contributed by atoms with van der Waals surface area (Å²) in [5, 5.41) is 2.83. The van der Waals surface area contributed by atoms with E-state index in [0.29, 0.717) is 19.3 Å². The fourth-order valence-corrected chi connectivity index (χ4v) is 6.71. The first-order chi connectivity index (χ1) is 13.8. The van der Waals surface area contributed by atoms with Gasteiger partial charge in [0.05, 0.1) is 11.5 Å². The van der Waals surface area contributed by atoms with Gasteiger partial charge in [0.25, 0.3) is 5.91 Å². The van der Waals surface area contributed by atoms with Gasteiger partial charge in [0.2, 0.25) is 5.91 Å². The highest BCUT2D eigenvalue weighted by Gasteiger charge is 2.56. The average Bonchev–Trinajstić information content (AvgIpc) is 3.29. The second-order valence-electron chi connectivity index (χ2n) is 8.47. The van der Waals surface area contributed by atoms with Gasteiger partial charge < -0.3 is 10.2 Å². The van der Waals surface area contributed by atoms with Crippen LogP contribution in [0.25, 0.3) is 0 Å². The molecule has 2 aliphatic heterocycles. The van der Waals surface area contributed by atoms with Crippen LogP contribution in [-0.2, 0) is 31.4 Å². The standard InChI is InChI=1S/C20H23N3O5S/c24-17(23(14-5-6-14)15-8-10-29(27,28)12-15)11-22-18(25)20(21-19(22)26)9-7-13-3-1-2-4-16(13)20/h1-4,14-15H,5-12H2,(H,21,26). The third kappa shape index (κ3) is 2.94. The molecule has 154 valence electrons. The molecule has 0 aromatic heterocycles. The molecule has 1 aromatic carbocycles. The van der Waals surface area contributed by atoms with Crippen LogP contribution < -0.4 is 5.32 Å². The molecule has 29 heavy (non-hydrogen) atoms. The minimum absolute atomic E-state index is 0.0164. The molecule has 2 aliphatic carbocycles. The monoisotopic (exact) mass is 417 g/mol. The Balaban J connectivity index is 1.37. The summed E-state index contributed by atoms with van der Waals surface area (Å²) in [4.78, 5) is 41.6. The zero-order chi connectivity index (χ0) is 20.4. The van der Waals surface area contributed by atoms with Crippen molar-refractivity contribution < 1.29 is 22.8 Å². The molecule has 1 saturated carbocycles. The van der Waals surface area contributed by atoms with Gasteiger partial charge in [-0.3, -0.25) is 14.5 Å². The number of benzene rings is 1. The fourth-order valence-electron chi connectivity index (χ4n) is 5.00. The van der Waals surface area contributed by atoms with Crippen molar-refractivity contribution in [3.63, 3.8) is 0 Å². The van der Waals surface area contributed by atoms with Crippen LogP contribution in [0.5, 0.6) is 0 Å². The summed E-state index contributed by atoms with van der Waals surface area (Å²) < 4.78 is 23.8. The lowest BCUT2D eigenvalue weighted by Crippen LogP contribution is -2.49. The molecule has 1 N–H and O–H groups in total. The summed E-state index contributed by atoms with van der Waals surface area (Å²) in [6.07, 6.45) is 3.26. The fraction of sp³-hybridized carbons (Fsp3) is 0.550. The number of carbonyl (C=O) groups excluding carboxylic acids is 3. The molecule has 0 radical (unpaired) electrons. The van der Waals surface area contributed by atoms with Gasteiger partial charge >= 0.3 is 6.03 Å². The largest absolute Gasteiger partial charge is 0.334 e. The number of hydrogen-bond acceptors (Lipinski definition) is 5. The summed E-state index contributed by atoms with van der Waals surface area (Å²) in [6.45, 7) is -0.346. The van der Waals surface area contributed by atoms with Crippen molar-refractivity contribution in [3.8, 4) is 0 Å². The van der Waals surface area contributed by atoms with Crippen molar-refractivity contribution in [2.75, 3.05) is 18.1 Å². The molecule has 1 aromatic rings. The lowest BCUT2D eigenvalue weighted by Gasteiger charge is -2.30. The lowest BCUT2D eigenvalue weighted by atomic mass is 9.92. The van der Waals surface area contributed by atoms with Crippen molar-refractivity contribution in [2.24, 2.45) is 0 Å². The Morgan fingerprint density at radius 3 is 2.62 bits per heavy atom. The maximum Gasteiger partial charge on any atom is 0.325 e. The first kappa shape index (κ1) is 18.6. The Hall–Kier alpha value is -2.42. The van der Waals surface area contributed by atoms with Gasteiger partial charge in [-0.2, -0.15) is 0 Å². The summed E-state index contributed by atoms with van der Waals surface area (Å²) >= 11 is 0. The normalized spacial score (nSPS) is 29.9. The van der Waals surface area contributed by atoms with Gasteiger partial charge in [-0.1, -0.05) is 24.3 Å². The number of nitrogens with zero attached hydrogens (tertiary/aromatic N) is 2. The highest BCUT2D eigenvalue weighted by Crippen LogP contribution is 2.41. The van der Waals surface area contributed by atoms with Crippen molar-refractivity contribution in [3.05, 3.63) is 35.4 Å². The number of urea groups is 1. The van der Waals surface area contributed by atoms with E-state index >= 15 is 0 Å². The number of amides is 4. The Bertz CT molecular complexity index is 1020. The van der Waals surface area contributed by atoms with E-state index in [9.17, 15) is 22.8 Å². The van der Waals surface area contributed by atoms with Crippen molar-refractivity contribution in [1.82, 2.24) is 15.1 Å². The van der Waals surface area contributed by atoms with E-state index < -0.39 is 27.3 Å². The zero-order valence-corrected chi connectivity index (χ0v) is 16.8. The average molecular weight is 417 g/mol. The molecule has 9 heteroatoms. The predicted octanol–water partition coefficient (Wildman–Crippen LogP) is 0.558. The van der Waals surface area contributed by atoms with Crippen LogP contribution in [0.2, 0.25) is 0 Å². The van der Waals surface area contributed by atoms with Gasteiger partial charge in [-0.05, 0) is 43.2 Å². The van der Waals surface area contributed by atoms with E-state index in [-0.39, 0.29) is 36.0 Å². The van der Waals surface area contributed by atoms with Gasteiger partial charge in [-0.15, -0.1) is 0 Å². The molecule has 1 spiro atoms. The molecule has 3 fully saturated rings. The van der Waals surface area contributed by atoms with E-state index in [4.69, 9.17) is 0 Å². The van der Waals surface area contributed by atoms with Crippen LogP contribution in [-0.4, -0.2) is 66.2 Å². The highest BCUT2D eigenvalue weighted by molar-refractivity contribution is 7.91. The summed E-state index contributed by atoms with van der Waals surface area (Å²) in [5.41, 5.74) is 0.744. The Kier molecular flexibility index (Phi) is 4.03. The van der Waals surface area contributed by atoms with E-state index in [0.717, 1.165) is 28.9 Å². The number of carbonyl (C=O) groups is 3. The SMILES string of the molecule is O=C1NC2(CCc3ccccc32)C(=O)N1CC(=O)N(C1CC1)C1CCS(=O)(=O)C1. The van der Waals surface area contributed by atoms with Crippen molar-refractivity contribution in [2.45, 2.75) is 49.7 Å². The molecule has 2 heterocycles. The first-order valence-electron chi connectivity index (χ1n) is 10.0. The van der Waals surface area contributed by atoms with Crippen LogP contribution in [0.4, 0.5) is 4.79 Å². The number of fused-ring (bicyclic) bond motifs is 2. The molecule has 8 nitrogen and oxygen atoms in total. The van der Waals surface area contributed by atoms with E-state index in [1.807, 2.05) is 24.3 Å². The Morgan fingerprint density at radius 1 is 1.17 bits per heavy atom. The highest BCUT2D eigenvalue weighted by atomic mass is 32.2. The van der Waals surface area contributed by atoms with Gasteiger partial charge in [-0.25, -0.2) is 13.2 Å². The molecule has 4 amide bonds. The summed E-state index contributed by atoms with van der Waals surface area (Å²) in [5.74, 6) is -0.693. The zero-order valence-electron chi connectivity index (χ0n) is 16.0. The topological polar surface area (TPSA) is 104 Å². The molecule has 5 rings (SSSR count). The molecule has 2 unspecified atom stereocenters. The Morgan fingerprint density at radius 2 is 1.93 bits per heavy atom. The predicted molar refractivity (Wildman–Crippen MR) is 104 cm³/mol. The van der Waals surface area contributed by atoms with Crippen LogP contribution in [0.3, 0.4) is 0 Å². The van der Waals surface area contributed by atoms with Gasteiger partial charge in [0, 0.05) is 12.1 Å². The summed E-state index contributed by atoms with van der Waals surface area (Å²) in [6, 6.07) is 6.65. The van der Waals surface area contributed by atoms with Gasteiger partial charge in [0.15, 0.2) is 9.84 Å². The number of aryl methyl sites for hydroxylation is 1. The third-order valence-corrected chi connectivity index (χ3v) is 8.30. The molecule has 2 saturated heterocycles. The van der Waals surface area contributed by atoms with Crippen LogP contribution in [0.15, 0.2) is 24.3 Å². The first-order valence-corrected chi connectivity index (χ1v) is 11.9. The quantitative estimate of drug-likeness (QED) is 0.721. The maximum absolute atomic E-state index is 13.2. The van der Waals surface area contributed by atoms with Crippen LogP contribution >= 0.6 is 0 Å². The number of imide groups is 1. The van der Waals surface area contributed by atoms with Crippen LogP contribution in [0, 0.1) is 0 Å². The van der Waals surface area contributed by atoms with Crippen molar-refractivity contribution in [1.29, 1.82) is 0 Å². The van der Waals surface area contributed by atoms with E-state index in [1.54, 1.807) is 4.90 Å². The Labute approximate surface area is 169 Å².